The molecule has 0 N–H and O–H groups in total. The number of hydrogen-bond donors (Lipinski definition) is 0. The van der Waals surface area contributed by atoms with Crippen LogP contribution in [-0.2, 0) is 6.42 Å². The largest absolute Gasteiger partial charge is 0.474 e. The Hall–Kier alpha value is -1.16. The third kappa shape index (κ3) is 2.83. The summed E-state index contributed by atoms with van der Waals surface area (Å²) < 4.78 is 6.40. The van der Waals surface area contributed by atoms with Crippen molar-refractivity contribution < 1.29 is 4.74 Å². The van der Waals surface area contributed by atoms with E-state index >= 15 is 0 Å². The molecule has 2 heterocycles. The van der Waals surface area contributed by atoms with Crippen LogP contribution in [0.4, 0.5) is 0 Å². The zero-order valence-corrected chi connectivity index (χ0v) is 15.7. The van der Waals surface area contributed by atoms with E-state index < -0.39 is 0 Å². The smallest absolute Gasteiger partial charge is 0.225 e. The van der Waals surface area contributed by atoms with E-state index in [0.29, 0.717) is 12.0 Å². The Bertz CT molecular complexity index is 701. The SMILES string of the molecule is CCC(CC)[C@H]1CCc2sc3ncnc(OC4CCCCC4)c3c21. The number of ether oxygens (including phenoxy) is 1. The van der Waals surface area contributed by atoms with Gasteiger partial charge in [-0.15, -0.1) is 11.3 Å². The summed E-state index contributed by atoms with van der Waals surface area (Å²) in [6.45, 7) is 4.66. The van der Waals surface area contributed by atoms with Crippen molar-refractivity contribution in [1.29, 1.82) is 0 Å². The number of aromatic nitrogens is 2. The maximum absolute atomic E-state index is 6.40. The summed E-state index contributed by atoms with van der Waals surface area (Å²) in [7, 11) is 0. The van der Waals surface area contributed by atoms with Gasteiger partial charge in [-0.1, -0.05) is 33.1 Å². The lowest BCUT2D eigenvalue weighted by Gasteiger charge is -2.24. The van der Waals surface area contributed by atoms with Crippen LogP contribution in [0.5, 0.6) is 5.88 Å². The van der Waals surface area contributed by atoms with E-state index in [0.717, 1.165) is 16.6 Å². The van der Waals surface area contributed by atoms with E-state index in [4.69, 9.17) is 4.74 Å². The van der Waals surface area contributed by atoms with Crippen molar-refractivity contribution in [1.82, 2.24) is 9.97 Å². The zero-order chi connectivity index (χ0) is 16.5. The fraction of sp³-hybridized carbons (Fsp3) is 0.700. The molecule has 0 unspecified atom stereocenters. The first-order valence-electron chi connectivity index (χ1n) is 9.74. The van der Waals surface area contributed by atoms with Gasteiger partial charge in [0.25, 0.3) is 0 Å². The van der Waals surface area contributed by atoms with Crippen LogP contribution in [-0.4, -0.2) is 16.1 Å². The van der Waals surface area contributed by atoms with Gasteiger partial charge in [-0.05, 0) is 55.9 Å². The van der Waals surface area contributed by atoms with Crippen LogP contribution in [0.15, 0.2) is 6.33 Å². The van der Waals surface area contributed by atoms with Crippen LogP contribution in [0.25, 0.3) is 10.2 Å². The molecule has 2 aliphatic rings. The highest BCUT2D eigenvalue weighted by molar-refractivity contribution is 7.19. The molecule has 3 nitrogen and oxygen atoms in total. The highest BCUT2D eigenvalue weighted by Gasteiger charge is 2.34. The van der Waals surface area contributed by atoms with Crippen LogP contribution in [0.1, 0.15) is 81.6 Å². The minimum atomic E-state index is 0.348. The van der Waals surface area contributed by atoms with Crippen LogP contribution in [0.3, 0.4) is 0 Å². The average molecular weight is 345 g/mol. The van der Waals surface area contributed by atoms with Gasteiger partial charge in [-0.25, -0.2) is 9.97 Å². The Balaban J connectivity index is 1.73. The van der Waals surface area contributed by atoms with Gasteiger partial charge < -0.3 is 4.74 Å². The molecule has 2 aliphatic carbocycles. The molecule has 1 saturated carbocycles. The number of aryl methyl sites for hydroxylation is 1. The predicted molar refractivity (Wildman–Crippen MR) is 100 cm³/mol. The normalized spacial score (nSPS) is 21.5. The molecule has 0 radical (unpaired) electrons. The van der Waals surface area contributed by atoms with E-state index in [1.807, 2.05) is 11.3 Å². The highest BCUT2D eigenvalue weighted by atomic mass is 32.1. The molecular weight excluding hydrogens is 316 g/mol. The molecular formula is C20H28N2OS. The predicted octanol–water partition coefficient (Wildman–Crippen LogP) is 5.87. The van der Waals surface area contributed by atoms with Gasteiger partial charge >= 0.3 is 0 Å². The molecule has 0 bridgehead atoms. The second-order valence-corrected chi connectivity index (χ2v) is 8.48. The first-order chi connectivity index (χ1) is 11.8. The van der Waals surface area contributed by atoms with Crippen molar-refractivity contribution in [2.24, 2.45) is 5.92 Å². The van der Waals surface area contributed by atoms with Crippen molar-refractivity contribution >= 4 is 21.6 Å². The van der Waals surface area contributed by atoms with E-state index in [1.54, 1.807) is 6.33 Å². The Kier molecular flexibility index (Phi) is 4.75. The minimum Gasteiger partial charge on any atom is -0.474 e. The van der Waals surface area contributed by atoms with Crippen molar-refractivity contribution in [2.75, 3.05) is 0 Å². The average Bonchev–Trinajstić information content (AvgIpc) is 3.17. The van der Waals surface area contributed by atoms with Gasteiger partial charge in [0.2, 0.25) is 5.88 Å². The summed E-state index contributed by atoms with van der Waals surface area (Å²) in [5.74, 6) is 2.30. The van der Waals surface area contributed by atoms with Gasteiger partial charge in [0, 0.05) is 4.88 Å². The van der Waals surface area contributed by atoms with Crippen molar-refractivity contribution in [3.63, 3.8) is 0 Å². The van der Waals surface area contributed by atoms with Crippen molar-refractivity contribution in [3.05, 3.63) is 16.8 Å². The topological polar surface area (TPSA) is 35.0 Å². The van der Waals surface area contributed by atoms with Gasteiger partial charge in [0.1, 0.15) is 17.3 Å². The Morgan fingerprint density at radius 1 is 1.12 bits per heavy atom. The second-order valence-electron chi connectivity index (χ2n) is 7.40. The van der Waals surface area contributed by atoms with E-state index in [-0.39, 0.29) is 0 Å². The van der Waals surface area contributed by atoms with Crippen LogP contribution < -0.4 is 4.74 Å². The standard InChI is InChI=1S/C20H28N2OS/c1-3-13(4-2)15-10-11-16-17(15)18-19(21-12-22-20(18)24-16)23-14-8-6-5-7-9-14/h12-15H,3-11H2,1-2H3/t15-/m1/s1. The Morgan fingerprint density at radius 2 is 1.92 bits per heavy atom. The van der Waals surface area contributed by atoms with Gasteiger partial charge in [0.15, 0.2) is 0 Å². The summed E-state index contributed by atoms with van der Waals surface area (Å²) in [5.41, 5.74) is 1.54. The quantitative estimate of drug-likeness (QED) is 0.680. The fourth-order valence-corrected chi connectivity index (χ4v) is 5.96. The fourth-order valence-electron chi connectivity index (χ4n) is 4.74. The lowest BCUT2D eigenvalue weighted by Crippen LogP contribution is -2.20. The second kappa shape index (κ2) is 6.99. The summed E-state index contributed by atoms with van der Waals surface area (Å²) in [6, 6.07) is 0. The third-order valence-corrected chi connectivity index (χ3v) is 7.24. The first kappa shape index (κ1) is 16.3. The summed E-state index contributed by atoms with van der Waals surface area (Å²) in [5, 5.41) is 1.25. The number of nitrogens with zero attached hydrogens (tertiary/aromatic N) is 2. The number of thiophene rings is 1. The molecule has 0 saturated heterocycles. The lowest BCUT2D eigenvalue weighted by atomic mass is 9.83. The Morgan fingerprint density at radius 3 is 2.67 bits per heavy atom. The molecule has 0 amide bonds. The zero-order valence-electron chi connectivity index (χ0n) is 14.9. The molecule has 1 fully saturated rings. The molecule has 0 aliphatic heterocycles. The van der Waals surface area contributed by atoms with Gasteiger partial charge in [0.05, 0.1) is 5.39 Å². The minimum absolute atomic E-state index is 0.348. The maximum atomic E-state index is 6.40. The van der Waals surface area contributed by atoms with Crippen LogP contribution >= 0.6 is 11.3 Å². The molecule has 2 aromatic rings. The molecule has 0 aromatic carbocycles. The number of fused-ring (bicyclic) bond motifs is 3. The maximum Gasteiger partial charge on any atom is 0.225 e. The van der Waals surface area contributed by atoms with Crippen LogP contribution in [0, 0.1) is 5.92 Å². The molecule has 4 rings (SSSR count). The molecule has 0 spiro atoms. The van der Waals surface area contributed by atoms with E-state index in [1.165, 1.54) is 73.6 Å². The molecule has 2 aromatic heterocycles. The number of rotatable bonds is 5. The Labute approximate surface area is 148 Å². The first-order valence-corrected chi connectivity index (χ1v) is 10.6. The summed E-state index contributed by atoms with van der Waals surface area (Å²) in [4.78, 5) is 11.8. The van der Waals surface area contributed by atoms with Gasteiger partial charge in [-0.3, -0.25) is 0 Å². The van der Waals surface area contributed by atoms with E-state index in [2.05, 4.69) is 23.8 Å². The number of hydrogen-bond acceptors (Lipinski definition) is 4. The van der Waals surface area contributed by atoms with Crippen molar-refractivity contribution in [2.45, 2.75) is 83.7 Å². The van der Waals surface area contributed by atoms with E-state index in [9.17, 15) is 0 Å². The summed E-state index contributed by atoms with van der Waals surface area (Å²) in [6.07, 6.45) is 13.3. The highest BCUT2D eigenvalue weighted by Crippen LogP contribution is 2.50. The molecule has 1 atom stereocenters. The lowest BCUT2D eigenvalue weighted by molar-refractivity contribution is 0.150. The van der Waals surface area contributed by atoms with Gasteiger partial charge in [-0.2, -0.15) is 0 Å². The molecule has 4 heteroatoms. The van der Waals surface area contributed by atoms with Crippen molar-refractivity contribution in [3.8, 4) is 5.88 Å². The monoisotopic (exact) mass is 344 g/mol. The van der Waals surface area contributed by atoms with Crippen LogP contribution in [0.2, 0.25) is 0 Å². The molecule has 130 valence electrons. The molecule has 24 heavy (non-hydrogen) atoms. The third-order valence-electron chi connectivity index (χ3n) is 6.07. The summed E-state index contributed by atoms with van der Waals surface area (Å²) >= 11 is 1.87.